The van der Waals surface area contributed by atoms with E-state index in [1.54, 1.807) is 0 Å². The Morgan fingerprint density at radius 1 is 1.38 bits per heavy atom. The van der Waals surface area contributed by atoms with Crippen molar-refractivity contribution >= 4 is 11.6 Å². The Labute approximate surface area is 78.8 Å². The van der Waals surface area contributed by atoms with E-state index in [0.29, 0.717) is 0 Å². The van der Waals surface area contributed by atoms with E-state index in [-0.39, 0.29) is 10.7 Å². The van der Waals surface area contributed by atoms with E-state index in [9.17, 15) is 13.2 Å². The van der Waals surface area contributed by atoms with Crippen molar-refractivity contribution in [3.05, 3.63) is 35.2 Å². The molecule has 0 saturated carbocycles. The number of alkyl halides is 3. The summed E-state index contributed by atoms with van der Waals surface area (Å²) in [5.74, 6) is 0. The van der Waals surface area contributed by atoms with E-state index in [4.69, 9.17) is 11.6 Å². The third-order valence-corrected chi connectivity index (χ3v) is 2.06. The average Bonchev–Trinajstić information content (AvgIpc) is 1.98. The molecule has 0 saturated heterocycles. The first-order chi connectivity index (χ1) is 5.84. The van der Waals surface area contributed by atoms with E-state index in [1.807, 2.05) is 0 Å². The van der Waals surface area contributed by atoms with Crippen molar-refractivity contribution in [2.75, 3.05) is 7.05 Å². The number of hydrogen-bond acceptors (Lipinski definition) is 1. The summed E-state index contributed by atoms with van der Waals surface area (Å²) in [5, 5.41) is 0.218. The van der Waals surface area contributed by atoms with Gasteiger partial charge in [-0.1, -0.05) is 18.2 Å². The van der Waals surface area contributed by atoms with Crippen LogP contribution < -0.4 is 0 Å². The zero-order valence-corrected chi connectivity index (χ0v) is 7.58. The molecule has 1 aliphatic rings. The van der Waals surface area contributed by atoms with Gasteiger partial charge in [0.1, 0.15) is 5.70 Å². The van der Waals surface area contributed by atoms with Crippen LogP contribution in [0.4, 0.5) is 13.2 Å². The highest BCUT2D eigenvalue weighted by molar-refractivity contribution is 6.32. The fourth-order valence-corrected chi connectivity index (χ4v) is 1.14. The summed E-state index contributed by atoms with van der Waals surface area (Å²) in [6.07, 6.45) is -2.25. The molecule has 1 nitrogen and oxygen atoms in total. The van der Waals surface area contributed by atoms with Gasteiger partial charge in [0.25, 0.3) is 0 Å². The molecule has 0 amide bonds. The maximum absolute atomic E-state index is 12.3. The normalized spacial score (nSPS) is 18.5. The zero-order chi connectivity index (χ0) is 10.2. The van der Waals surface area contributed by atoms with Crippen molar-refractivity contribution in [3.63, 3.8) is 0 Å². The van der Waals surface area contributed by atoms with Gasteiger partial charge in [-0.3, -0.25) is 0 Å². The molecule has 0 unspecified atom stereocenters. The van der Waals surface area contributed by atoms with Crippen molar-refractivity contribution < 1.29 is 13.2 Å². The number of nitrogens with zero attached hydrogens (tertiary/aromatic N) is 1. The summed E-state index contributed by atoms with van der Waals surface area (Å²) < 4.78 is 36.8. The molecule has 13 heavy (non-hydrogen) atoms. The second-order valence-corrected chi connectivity index (χ2v) is 2.98. The van der Waals surface area contributed by atoms with Crippen LogP contribution >= 0.6 is 11.6 Å². The largest absolute Gasteiger partial charge is 0.431 e. The Morgan fingerprint density at radius 3 is 2.38 bits per heavy atom. The van der Waals surface area contributed by atoms with Crippen LogP contribution in [0.15, 0.2) is 35.2 Å². The van der Waals surface area contributed by atoms with Crippen molar-refractivity contribution in [1.29, 1.82) is 0 Å². The van der Waals surface area contributed by atoms with Gasteiger partial charge in [0.2, 0.25) is 0 Å². The lowest BCUT2D eigenvalue weighted by atomic mass is 10.2. The van der Waals surface area contributed by atoms with Crippen LogP contribution in [0.3, 0.4) is 0 Å². The third-order valence-electron chi connectivity index (χ3n) is 1.72. The maximum atomic E-state index is 12.3. The lowest BCUT2D eigenvalue weighted by Crippen LogP contribution is -2.29. The quantitative estimate of drug-likeness (QED) is 0.593. The monoisotopic (exact) mass is 209 g/mol. The second kappa shape index (κ2) is 3.10. The van der Waals surface area contributed by atoms with Gasteiger partial charge in [0, 0.05) is 7.05 Å². The van der Waals surface area contributed by atoms with Gasteiger partial charge in [0.05, 0.1) is 10.7 Å². The average molecular weight is 210 g/mol. The van der Waals surface area contributed by atoms with E-state index in [0.717, 1.165) is 11.0 Å². The molecule has 0 atom stereocenters. The molecule has 72 valence electrons. The van der Waals surface area contributed by atoms with Crippen LogP contribution in [0.1, 0.15) is 0 Å². The first-order valence-electron chi connectivity index (χ1n) is 3.41. The van der Waals surface area contributed by atoms with Gasteiger partial charge in [0.15, 0.2) is 0 Å². The highest BCUT2D eigenvalue weighted by Crippen LogP contribution is 2.34. The number of rotatable bonds is 0. The van der Waals surface area contributed by atoms with Gasteiger partial charge < -0.3 is 4.90 Å². The molecule has 1 rings (SSSR count). The van der Waals surface area contributed by atoms with Gasteiger partial charge in [-0.2, -0.15) is 13.2 Å². The lowest BCUT2D eigenvalue weighted by Gasteiger charge is -2.28. The number of likely N-dealkylation sites (N-methyl/N-ethyl adjacent to an activating group) is 1. The van der Waals surface area contributed by atoms with Crippen LogP contribution in [0, 0.1) is 0 Å². The molecule has 1 aliphatic heterocycles. The van der Waals surface area contributed by atoms with Gasteiger partial charge in [-0.05, 0) is 12.2 Å². The maximum Gasteiger partial charge on any atom is 0.431 e. The predicted octanol–water partition coefficient (Wildman–Crippen LogP) is 3.01. The fourth-order valence-electron chi connectivity index (χ4n) is 0.950. The highest BCUT2D eigenvalue weighted by Gasteiger charge is 2.38. The minimum absolute atomic E-state index is 0.150. The predicted molar refractivity (Wildman–Crippen MR) is 45.0 cm³/mol. The van der Waals surface area contributed by atoms with Crippen LogP contribution in [-0.2, 0) is 0 Å². The van der Waals surface area contributed by atoms with Crippen LogP contribution in [0.2, 0.25) is 0 Å². The molecule has 0 bridgehead atoms. The van der Waals surface area contributed by atoms with Crippen LogP contribution in [0.5, 0.6) is 0 Å². The minimum atomic E-state index is -4.37. The molecular formula is C8H7ClF3N. The molecule has 0 spiro atoms. The Hall–Kier alpha value is -0.900. The summed E-state index contributed by atoms with van der Waals surface area (Å²) in [5.41, 5.74) is -0.613. The van der Waals surface area contributed by atoms with Crippen molar-refractivity contribution in [2.24, 2.45) is 0 Å². The summed E-state index contributed by atoms with van der Waals surface area (Å²) in [7, 11) is 1.27. The van der Waals surface area contributed by atoms with E-state index >= 15 is 0 Å². The van der Waals surface area contributed by atoms with Gasteiger partial charge in [-0.25, -0.2) is 0 Å². The summed E-state index contributed by atoms with van der Waals surface area (Å²) in [4.78, 5) is 0.919. The smallest absolute Gasteiger partial charge is 0.340 e. The van der Waals surface area contributed by atoms with Gasteiger partial charge >= 0.3 is 6.18 Å². The first kappa shape index (κ1) is 10.2. The Morgan fingerprint density at radius 2 is 1.92 bits per heavy atom. The van der Waals surface area contributed by atoms with Gasteiger partial charge in [-0.15, -0.1) is 0 Å². The SMILES string of the molecule is C=C1C(Cl)=CC=C(C(F)(F)F)N1C. The zero-order valence-electron chi connectivity index (χ0n) is 6.82. The van der Waals surface area contributed by atoms with E-state index in [2.05, 4.69) is 6.58 Å². The Bertz CT molecular complexity index is 301. The van der Waals surface area contributed by atoms with Crippen molar-refractivity contribution in [2.45, 2.75) is 6.18 Å². The Balaban J connectivity index is 3.08. The third kappa shape index (κ3) is 1.88. The first-order valence-corrected chi connectivity index (χ1v) is 3.79. The molecule has 0 N–H and O–H groups in total. The lowest BCUT2D eigenvalue weighted by molar-refractivity contribution is -0.106. The summed E-state index contributed by atoms with van der Waals surface area (Å²) in [6, 6.07) is 0. The molecule has 0 aromatic heterocycles. The molecule has 1 heterocycles. The number of halogens is 4. The standard InChI is InChI=1S/C8H7ClF3N/c1-5-6(9)3-4-7(13(5)2)8(10,11)12/h3-4H,1H2,2H3. The summed E-state index contributed by atoms with van der Waals surface area (Å²) in [6.45, 7) is 3.42. The van der Waals surface area contributed by atoms with Crippen molar-refractivity contribution in [3.8, 4) is 0 Å². The molecule has 0 aliphatic carbocycles. The van der Waals surface area contributed by atoms with Crippen LogP contribution in [0.25, 0.3) is 0 Å². The molecule has 0 fully saturated rings. The highest BCUT2D eigenvalue weighted by atomic mass is 35.5. The molecule has 0 radical (unpaired) electrons. The molecular weight excluding hydrogens is 203 g/mol. The number of hydrogen-bond donors (Lipinski definition) is 0. The molecule has 5 heteroatoms. The second-order valence-electron chi connectivity index (χ2n) is 2.57. The number of allylic oxidation sites excluding steroid dienone is 4. The van der Waals surface area contributed by atoms with Crippen LogP contribution in [-0.4, -0.2) is 18.1 Å². The van der Waals surface area contributed by atoms with E-state index in [1.165, 1.54) is 13.1 Å². The topological polar surface area (TPSA) is 3.24 Å². The summed E-state index contributed by atoms with van der Waals surface area (Å²) >= 11 is 5.59. The Kier molecular flexibility index (Phi) is 2.43. The van der Waals surface area contributed by atoms with Crippen molar-refractivity contribution in [1.82, 2.24) is 4.90 Å². The fraction of sp³-hybridized carbons (Fsp3) is 0.250. The minimum Gasteiger partial charge on any atom is -0.340 e. The van der Waals surface area contributed by atoms with E-state index < -0.39 is 11.9 Å². The molecule has 0 aromatic carbocycles. The molecule has 0 aromatic rings.